The van der Waals surface area contributed by atoms with Crippen molar-refractivity contribution in [1.82, 2.24) is 25.5 Å². The van der Waals surface area contributed by atoms with Crippen molar-refractivity contribution >= 4 is 11.9 Å². The zero-order chi connectivity index (χ0) is 13.5. The molecule has 0 fully saturated rings. The standard InChI is InChI=1S/C11H12N6O2/c18-9-3-2-8(16-17-9)10(19)12-6-7-15-11-13-4-1-5-14-11/h1-5H,6-7H2,(H,12,19)(H,17,18)(H,13,14,15). The SMILES string of the molecule is O=C(NCCNc1ncccn1)c1ccc(=O)[nH]n1. The number of carbonyl (C=O) groups is 1. The van der Waals surface area contributed by atoms with Gasteiger partial charge in [-0.1, -0.05) is 0 Å². The summed E-state index contributed by atoms with van der Waals surface area (Å²) in [7, 11) is 0. The van der Waals surface area contributed by atoms with Crippen LogP contribution in [0.15, 0.2) is 35.4 Å². The molecule has 0 aromatic carbocycles. The number of H-pyrrole nitrogens is 1. The van der Waals surface area contributed by atoms with Gasteiger partial charge in [-0.15, -0.1) is 0 Å². The summed E-state index contributed by atoms with van der Waals surface area (Å²) in [5, 5.41) is 11.4. The lowest BCUT2D eigenvalue weighted by Crippen LogP contribution is -2.30. The van der Waals surface area contributed by atoms with Crippen molar-refractivity contribution < 1.29 is 4.79 Å². The summed E-state index contributed by atoms with van der Waals surface area (Å²) >= 11 is 0. The topological polar surface area (TPSA) is 113 Å². The Balaban J connectivity index is 1.75. The molecule has 0 aliphatic carbocycles. The molecule has 8 heteroatoms. The number of hydrogen-bond donors (Lipinski definition) is 3. The molecule has 3 N–H and O–H groups in total. The van der Waals surface area contributed by atoms with Crippen molar-refractivity contribution in [2.24, 2.45) is 0 Å². The molecule has 0 aliphatic rings. The maximum atomic E-state index is 11.6. The average Bonchev–Trinajstić information content (AvgIpc) is 2.45. The third kappa shape index (κ3) is 3.87. The maximum Gasteiger partial charge on any atom is 0.271 e. The molecular formula is C11H12N6O2. The Morgan fingerprint density at radius 2 is 2.00 bits per heavy atom. The first kappa shape index (κ1) is 12.7. The molecule has 0 unspecified atom stereocenters. The molecular weight excluding hydrogens is 248 g/mol. The first-order valence-corrected chi connectivity index (χ1v) is 5.60. The lowest BCUT2D eigenvalue weighted by molar-refractivity contribution is 0.0949. The third-order valence-electron chi connectivity index (χ3n) is 2.17. The minimum atomic E-state index is -0.355. The number of nitrogens with one attached hydrogen (secondary N) is 3. The monoisotopic (exact) mass is 260 g/mol. The van der Waals surface area contributed by atoms with Gasteiger partial charge in [0.15, 0.2) is 0 Å². The van der Waals surface area contributed by atoms with Crippen LogP contribution in [0.5, 0.6) is 0 Å². The van der Waals surface area contributed by atoms with Gasteiger partial charge in [-0.3, -0.25) is 9.59 Å². The molecule has 2 rings (SSSR count). The zero-order valence-electron chi connectivity index (χ0n) is 9.96. The Morgan fingerprint density at radius 3 is 2.68 bits per heavy atom. The molecule has 2 heterocycles. The highest BCUT2D eigenvalue weighted by molar-refractivity contribution is 5.91. The number of nitrogens with zero attached hydrogens (tertiary/aromatic N) is 3. The molecule has 8 nitrogen and oxygen atoms in total. The van der Waals surface area contributed by atoms with Gasteiger partial charge in [-0.2, -0.15) is 5.10 Å². The van der Waals surface area contributed by atoms with Crippen molar-refractivity contribution in [1.29, 1.82) is 0 Å². The lowest BCUT2D eigenvalue weighted by Gasteiger charge is -2.05. The van der Waals surface area contributed by atoms with Crippen molar-refractivity contribution in [2.45, 2.75) is 0 Å². The predicted octanol–water partition coefficient (Wildman–Crippen LogP) is -0.598. The van der Waals surface area contributed by atoms with E-state index in [1.807, 2.05) is 0 Å². The van der Waals surface area contributed by atoms with Gasteiger partial charge in [0, 0.05) is 31.5 Å². The van der Waals surface area contributed by atoms with Crippen LogP contribution < -0.4 is 16.2 Å². The van der Waals surface area contributed by atoms with Crippen LogP contribution in [0.25, 0.3) is 0 Å². The number of amides is 1. The van der Waals surface area contributed by atoms with Crippen LogP contribution in [0.1, 0.15) is 10.5 Å². The largest absolute Gasteiger partial charge is 0.352 e. The number of aromatic nitrogens is 4. The highest BCUT2D eigenvalue weighted by Gasteiger charge is 2.05. The quantitative estimate of drug-likeness (QED) is 0.619. The van der Waals surface area contributed by atoms with Crippen molar-refractivity contribution in [2.75, 3.05) is 18.4 Å². The van der Waals surface area contributed by atoms with Crippen molar-refractivity contribution in [3.05, 3.63) is 46.6 Å². The van der Waals surface area contributed by atoms with Crippen LogP contribution >= 0.6 is 0 Å². The molecule has 0 spiro atoms. The predicted molar refractivity (Wildman–Crippen MR) is 67.7 cm³/mol. The van der Waals surface area contributed by atoms with E-state index < -0.39 is 0 Å². The fraction of sp³-hybridized carbons (Fsp3) is 0.182. The van der Waals surface area contributed by atoms with Crippen LogP contribution in [0.2, 0.25) is 0 Å². The van der Waals surface area contributed by atoms with Gasteiger partial charge in [0.2, 0.25) is 5.95 Å². The second kappa shape index (κ2) is 6.24. The molecule has 0 bridgehead atoms. The Hall–Kier alpha value is -2.77. The minimum Gasteiger partial charge on any atom is -0.352 e. The lowest BCUT2D eigenvalue weighted by atomic mass is 10.3. The summed E-state index contributed by atoms with van der Waals surface area (Å²) in [6.07, 6.45) is 3.25. The van der Waals surface area contributed by atoms with Crippen LogP contribution in [0.3, 0.4) is 0 Å². The molecule has 1 amide bonds. The van der Waals surface area contributed by atoms with Gasteiger partial charge in [0.25, 0.3) is 11.5 Å². The van der Waals surface area contributed by atoms with E-state index in [0.717, 1.165) is 0 Å². The van der Waals surface area contributed by atoms with Crippen LogP contribution in [0.4, 0.5) is 5.95 Å². The van der Waals surface area contributed by atoms with E-state index in [9.17, 15) is 9.59 Å². The number of carbonyl (C=O) groups excluding carboxylic acids is 1. The van der Waals surface area contributed by atoms with Gasteiger partial charge in [0.05, 0.1) is 0 Å². The molecule has 98 valence electrons. The third-order valence-corrected chi connectivity index (χ3v) is 2.17. The Morgan fingerprint density at radius 1 is 1.21 bits per heavy atom. The van der Waals surface area contributed by atoms with Crippen molar-refractivity contribution in [3.63, 3.8) is 0 Å². The van der Waals surface area contributed by atoms with E-state index in [0.29, 0.717) is 19.0 Å². The van der Waals surface area contributed by atoms with E-state index in [4.69, 9.17) is 0 Å². The normalized spacial score (nSPS) is 9.89. The van der Waals surface area contributed by atoms with Gasteiger partial charge in [-0.05, 0) is 12.1 Å². The van der Waals surface area contributed by atoms with E-state index in [1.54, 1.807) is 18.5 Å². The molecule has 0 saturated heterocycles. The summed E-state index contributed by atoms with van der Waals surface area (Å²) in [5.74, 6) is 0.144. The Bertz CT molecular complexity index is 577. The maximum absolute atomic E-state index is 11.6. The highest BCUT2D eigenvalue weighted by Crippen LogP contribution is 1.92. The second-order valence-corrected chi connectivity index (χ2v) is 3.56. The number of rotatable bonds is 5. The number of hydrogen-bond acceptors (Lipinski definition) is 6. The minimum absolute atomic E-state index is 0.163. The number of anilines is 1. The summed E-state index contributed by atoms with van der Waals surface area (Å²) < 4.78 is 0. The Labute approximate surface area is 108 Å². The summed E-state index contributed by atoms with van der Waals surface area (Å²) in [5.41, 5.74) is -0.185. The highest BCUT2D eigenvalue weighted by atomic mass is 16.2. The van der Waals surface area contributed by atoms with Crippen LogP contribution in [-0.4, -0.2) is 39.2 Å². The molecule has 0 radical (unpaired) electrons. The van der Waals surface area contributed by atoms with E-state index in [-0.39, 0.29) is 17.2 Å². The fourth-order valence-corrected chi connectivity index (χ4v) is 1.30. The summed E-state index contributed by atoms with van der Waals surface area (Å²) in [4.78, 5) is 30.4. The van der Waals surface area contributed by atoms with E-state index in [2.05, 4.69) is 30.8 Å². The zero-order valence-corrected chi connectivity index (χ0v) is 9.96. The summed E-state index contributed by atoms with van der Waals surface area (Å²) in [6.45, 7) is 0.872. The van der Waals surface area contributed by atoms with Crippen molar-refractivity contribution in [3.8, 4) is 0 Å². The van der Waals surface area contributed by atoms with Gasteiger partial charge in [0.1, 0.15) is 5.69 Å². The first-order chi connectivity index (χ1) is 9.25. The molecule has 2 aromatic rings. The Kier molecular flexibility index (Phi) is 4.17. The number of aromatic amines is 1. The average molecular weight is 260 g/mol. The molecule has 19 heavy (non-hydrogen) atoms. The molecule has 0 aliphatic heterocycles. The molecule has 2 aromatic heterocycles. The van der Waals surface area contributed by atoms with Gasteiger partial charge >= 0.3 is 0 Å². The van der Waals surface area contributed by atoms with Crippen LogP contribution in [0, 0.1) is 0 Å². The molecule has 0 saturated carbocycles. The first-order valence-electron chi connectivity index (χ1n) is 5.60. The summed E-state index contributed by atoms with van der Waals surface area (Å²) in [6, 6.07) is 4.33. The second-order valence-electron chi connectivity index (χ2n) is 3.56. The van der Waals surface area contributed by atoms with E-state index in [1.165, 1.54) is 12.1 Å². The van der Waals surface area contributed by atoms with E-state index >= 15 is 0 Å². The van der Waals surface area contributed by atoms with Crippen LogP contribution in [-0.2, 0) is 0 Å². The fourth-order valence-electron chi connectivity index (χ4n) is 1.30. The van der Waals surface area contributed by atoms with Gasteiger partial charge < -0.3 is 10.6 Å². The van der Waals surface area contributed by atoms with Gasteiger partial charge in [-0.25, -0.2) is 15.1 Å². The smallest absolute Gasteiger partial charge is 0.271 e. The molecule has 0 atom stereocenters.